The van der Waals surface area contributed by atoms with Crippen LogP contribution in [0.5, 0.6) is 0 Å². The summed E-state index contributed by atoms with van der Waals surface area (Å²) < 4.78 is 0. The Balaban J connectivity index is 1.90. The molecular weight excluding hydrogens is 348 g/mol. The van der Waals surface area contributed by atoms with E-state index in [-0.39, 0.29) is 17.5 Å². The second-order valence-electron chi connectivity index (χ2n) is 5.69. The van der Waals surface area contributed by atoms with Gasteiger partial charge in [0.25, 0.3) is 11.8 Å². The van der Waals surface area contributed by atoms with Gasteiger partial charge in [-0.05, 0) is 38.0 Å². The zero-order valence-electron chi connectivity index (χ0n) is 13.1. The third kappa shape index (κ3) is 3.28. The van der Waals surface area contributed by atoms with Gasteiger partial charge < -0.3 is 4.90 Å². The van der Waals surface area contributed by atoms with Gasteiger partial charge in [0.1, 0.15) is 5.01 Å². The molecule has 3 rings (SSSR count). The summed E-state index contributed by atoms with van der Waals surface area (Å²) in [6.07, 6.45) is 1.81. The molecule has 2 heterocycles. The highest BCUT2D eigenvalue weighted by Crippen LogP contribution is 2.35. The fraction of sp³-hybridized carbons (Fsp3) is 0.312. The molecule has 6 nitrogen and oxygen atoms in total. The molecule has 24 heavy (non-hydrogen) atoms. The summed E-state index contributed by atoms with van der Waals surface area (Å²) in [4.78, 5) is 31.0. The molecule has 0 spiro atoms. The Morgan fingerprint density at radius 3 is 2.79 bits per heavy atom. The van der Waals surface area contributed by atoms with Gasteiger partial charge in [0, 0.05) is 33.8 Å². The Kier molecular flexibility index (Phi) is 4.84. The van der Waals surface area contributed by atoms with Crippen LogP contribution in [0.25, 0.3) is 0 Å². The van der Waals surface area contributed by atoms with E-state index in [0.717, 1.165) is 23.5 Å². The van der Waals surface area contributed by atoms with E-state index in [1.807, 2.05) is 12.3 Å². The van der Waals surface area contributed by atoms with E-state index in [4.69, 9.17) is 17.4 Å². The van der Waals surface area contributed by atoms with E-state index in [1.165, 1.54) is 12.1 Å². The van der Waals surface area contributed by atoms with Gasteiger partial charge in [-0.1, -0.05) is 11.6 Å². The molecule has 1 atom stereocenters. The third-order valence-electron chi connectivity index (χ3n) is 3.97. The van der Waals surface area contributed by atoms with Crippen molar-refractivity contribution in [3.8, 4) is 0 Å². The van der Waals surface area contributed by atoms with Gasteiger partial charge in [-0.3, -0.25) is 15.0 Å². The van der Waals surface area contributed by atoms with Crippen molar-refractivity contribution >= 4 is 34.8 Å². The lowest BCUT2D eigenvalue weighted by Gasteiger charge is -2.23. The maximum atomic E-state index is 12.9. The standard InChI is InChI=1S/C16H17ClN4O2S/c1-9-8-24-15(19-9)13-3-2-4-21(13)16(23)11-5-10(14(22)20-18)6-12(17)7-11/h5-8,13H,2-4,18H2,1H3,(H,20,22). The highest BCUT2D eigenvalue weighted by molar-refractivity contribution is 7.09. The highest BCUT2D eigenvalue weighted by Gasteiger charge is 2.32. The molecule has 1 aliphatic heterocycles. The lowest BCUT2D eigenvalue weighted by atomic mass is 10.1. The van der Waals surface area contributed by atoms with Crippen molar-refractivity contribution in [3.05, 3.63) is 50.4 Å². The maximum absolute atomic E-state index is 12.9. The molecule has 1 fully saturated rings. The van der Waals surface area contributed by atoms with Crippen LogP contribution >= 0.6 is 22.9 Å². The Morgan fingerprint density at radius 1 is 1.38 bits per heavy atom. The summed E-state index contributed by atoms with van der Waals surface area (Å²) in [7, 11) is 0. The molecule has 1 aromatic carbocycles. The molecule has 1 aliphatic rings. The number of nitrogens with zero attached hydrogens (tertiary/aromatic N) is 2. The van der Waals surface area contributed by atoms with Crippen LogP contribution in [0.4, 0.5) is 0 Å². The van der Waals surface area contributed by atoms with E-state index in [1.54, 1.807) is 22.3 Å². The van der Waals surface area contributed by atoms with Crippen molar-refractivity contribution in [3.63, 3.8) is 0 Å². The van der Waals surface area contributed by atoms with E-state index in [0.29, 0.717) is 17.1 Å². The second kappa shape index (κ2) is 6.88. The molecule has 1 saturated heterocycles. The Labute approximate surface area is 148 Å². The van der Waals surface area contributed by atoms with Crippen molar-refractivity contribution in [1.29, 1.82) is 0 Å². The van der Waals surface area contributed by atoms with Gasteiger partial charge in [-0.25, -0.2) is 10.8 Å². The second-order valence-corrected chi connectivity index (χ2v) is 7.01. The lowest BCUT2D eigenvalue weighted by Crippen LogP contribution is -2.32. The van der Waals surface area contributed by atoms with E-state index >= 15 is 0 Å². The zero-order valence-corrected chi connectivity index (χ0v) is 14.7. The number of nitrogens with one attached hydrogen (secondary N) is 1. The minimum absolute atomic E-state index is 0.0260. The SMILES string of the molecule is Cc1csc(C2CCCN2C(=O)c2cc(Cl)cc(C(=O)NN)c2)n1. The predicted molar refractivity (Wildman–Crippen MR) is 93.0 cm³/mol. The fourth-order valence-corrected chi connectivity index (χ4v) is 4.06. The van der Waals surface area contributed by atoms with Crippen molar-refractivity contribution in [2.45, 2.75) is 25.8 Å². The lowest BCUT2D eigenvalue weighted by molar-refractivity contribution is 0.0735. The molecule has 2 amide bonds. The number of aromatic nitrogens is 1. The number of carbonyl (C=O) groups excluding carboxylic acids is 2. The third-order valence-corrected chi connectivity index (χ3v) is 5.26. The molecule has 0 bridgehead atoms. The van der Waals surface area contributed by atoms with Crippen LogP contribution in [0, 0.1) is 6.92 Å². The first kappa shape index (κ1) is 16.9. The summed E-state index contributed by atoms with van der Waals surface area (Å²) in [5.74, 6) is 4.52. The number of halogens is 1. The molecule has 0 saturated carbocycles. The van der Waals surface area contributed by atoms with Crippen LogP contribution < -0.4 is 11.3 Å². The molecule has 126 valence electrons. The van der Waals surface area contributed by atoms with Gasteiger partial charge in [-0.2, -0.15) is 0 Å². The van der Waals surface area contributed by atoms with Crippen LogP contribution in [-0.4, -0.2) is 28.2 Å². The Bertz CT molecular complexity index is 792. The van der Waals surface area contributed by atoms with Gasteiger partial charge in [0.2, 0.25) is 0 Å². The molecule has 8 heteroatoms. The number of benzene rings is 1. The number of nitrogens with two attached hydrogens (primary N) is 1. The number of nitrogen functional groups attached to an aromatic ring is 1. The van der Waals surface area contributed by atoms with Gasteiger partial charge in [0.15, 0.2) is 0 Å². The number of rotatable bonds is 3. The van der Waals surface area contributed by atoms with Crippen molar-refractivity contribution in [1.82, 2.24) is 15.3 Å². The van der Waals surface area contributed by atoms with Crippen LogP contribution in [0.3, 0.4) is 0 Å². The Morgan fingerprint density at radius 2 is 2.12 bits per heavy atom. The number of hydrogen-bond donors (Lipinski definition) is 2. The molecule has 2 aromatic rings. The van der Waals surface area contributed by atoms with Gasteiger partial charge in [0.05, 0.1) is 6.04 Å². The first-order chi connectivity index (χ1) is 11.5. The minimum Gasteiger partial charge on any atom is -0.329 e. The number of hydrazine groups is 1. The average molecular weight is 365 g/mol. The first-order valence-corrected chi connectivity index (χ1v) is 8.80. The normalized spacial score (nSPS) is 17.1. The van der Waals surface area contributed by atoms with Crippen LogP contribution in [0.1, 0.15) is 50.3 Å². The van der Waals surface area contributed by atoms with E-state index in [9.17, 15) is 9.59 Å². The number of thiazole rings is 1. The molecule has 1 aromatic heterocycles. The topological polar surface area (TPSA) is 88.3 Å². The van der Waals surface area contributed by atoms with Crippen molar-refractivity contribution < 1.29 is 9.59 Å². The fourth-order valence-electron chi connectivity index (χ4n) is 2.89. The monoisotopic (exact) mass is 364 g/mol. The molecule has 0 aliphatic carbocycles. The molecule has 1 unspecified atom stereocenters. The quantitative estimate of drug-likeness (QED) is 0.498. The van der Waals surface area contributed by atoms with Crippen LogP contribution in [0.2, 0.25) is 5.02 Å². The van der Waals surface area contributed by atoms with Crippen molar-refractivity contribution in [2.24, 2.45) is 5.84 Å². The van der Waals surface area contributed by atoms with E-state index in [2.05, 4.69) is 10.4 Å². The molecule has 0 radical (unpaired) electrons. The minimum atomic E-state index is -0.486. The smallest absolute Gasteiger partial charge is 0.265 e. The number of carbonyl (C=O) groups is 2. The largest absolute Gasteiger partial charge is 0.329 e. The van der Waals surface area contributed by atoms with Gasteiger partial charge >= 0.3 is 0 Å². The summed E-state index contributed by atoms with van der Waals surface area (Å²) in [6, 6.07) is 4.53. The maximum Gasteiger partial charge on any atom is 0.265 e. The van der Waals surface area contributed by atoms with Crippen LogP contribution in [-0.2, 0) is 0 Å². The number of hydrogen-bond acceptors (Lipinski definition) is 5. The summed E-state index contributed by atoms with van der Waals surface area (Å²) in [5, 5.41) is 3.25. The summed E-state index contributed by atoms with van der Waals surface area (Å²) >= 11 is 7.62. The average Bonchev–Trinajstić information content (AvgIpc) is 3.21. The van der Waals surface area contributed by atoms with Crippen molar-refractivity contribution in [2.75, 3.05) is 6.54 Å². The van der Waals surface area contributed by atoms with Crippen LogP contribution in [0.15, 0.2) is 23.6 Å². The number of likely N-dealkylation sites (tertiary alicyclic amines) is 1. The highest BCUT2D eigenvalue weighted by atomic mass is 35.5. The first-order valence-electron chi connectivity index (χ1n) is 7.54. The zero-order chi connectivity index (χ0) is 17.3. The Hall–Kier alpha value is -1.96. The summed E-state index contributed by atoms with van der Waals surface area (Å²) in [6.45, 7) is 2.60. The molecular formula is C16H17ClN4O2S. The predicted octanol–water partition coefficient (Wildman–Crippen LogP) is 2.69. The number of aryl methyl sites for hydroxylation is 1. The van der Waals surface area contributed by atoms with Gasteiger partial charge in [-0.15, -0.1) is 11.3 Å². The van der Waals surface area contributed by atoms with E-state index < -0.39 is 5.91 Å². The molecule has 3 N–H and O–H groups in total. The number of amides is 2. The summed E-state index contributed by atoms with van der Waals surface area (Å²) in [5.41, 5.74) is 3.64.